The number of rotatable bonds is 4. The van der Waals surface area contributed by atoms with Crippen molar-refractivity contribution in [3.63, 3.8) is 0 Å². The number of hydrogen-bond acceptors (Lipinski definition) is 4. The average molecular weight is 700 g/mol. The van der Waals surface area contributed by atoms with Gasteiger partial charge >= 0.3 is 37.1 Å². The van der Waals surface area contributed by atoms with Crippen LogP contribution in [0.25, 0.3) is 0 Å². The van der Waals surface area contributed by atoms with Crippen LogP contribution in [0, 0.1) is 0 Å². The number of alkyl halides is 18. The van der Waals surface area contributed by atoms with Crippen LogP contribution in [0.1, 0.15) is 33.4 Å². The quantitative estimate of drug-likeness (QED) is 0.210. The standard InChI is InChI=1S/C24H10F18N2O2/c25-19(26,27)7-1-3-11(15(17(7)43)23(37,38)39)45-13-6-14(10(22(34,35)36)5-9(13)21(31,32)33)46-12-4-2-8(20(28,29)30)18(44)16(12)24(40,41)42/h1-6H,43-44H2. The predicted octanol–water partition coefficient (Wildman–Crippen LogP) is 10.5. The van der Waals surface area contributed by atoms with E-state index in [0.29, 0.717) is 0 Å². The molecular weight excluding hydrogens is 690 g/mol. The van der Waals surface area contributed by atoms with Crippen molar-refractivity contribution < 1.29 is 88.5 Å². The fraction of sp³-hybridized carbons (Fsp3) is 0.250. The topological polar surface area (TPSA) is 70.5 Å². The lowest BCUT2D eigenvalue weighted by Crippen LogP contribution is -2.18. The Morgan fingerprint density at radius 2 is 0.630 bits per heavy atom. The second kappa shape index (κ2) is 11.1. The summed E-state index contributed by atoms with van der Waals surface area (Å²) in [5.41, 5.74) is -8.91. The van der Waals surface area contributed by atoms with E-state index in [0.717, 1.165) is 0 Å². The Morgan fingerprint density at radius 3 is 0.870 bits per heavy atom. The molecule has 4 nitrogen and oxygen atoms in total. The van der Waals surface area contributed by atoms with Crippen LogP contribution in [0.3, 0.4) is 0 Å². The van der Waals surface area contributed by atoms with Crippen LogP contribution in [-0.4, -0.2) is 0 Å². The van der Waals surface area contributed by atoms with Gasteiger partial charge in [-0.15, -0.1) is 0 Å². The number of halogens is 18. The first-order valence-corrected chi connectivity index (χ1v) is 11.3. The van der Waals surface area contributed by atoms with Crippen molar-refractivity contribution in [3.05, 3.63) is 69.8 Å². The van der Waals surface area contributed by atoms with Gasteiger partial charge in [0.2, 0.25) is 0 Å². The average Bonchev–Trinajstić information content (AvgIpc) is 2.79. The highest BCUT2D eigenvalue weighted by Crippen LogP contribution is 2.52. The first kappa shape index (κ1) is 36.1. The molecule has 0 aliphatic rings. The van der Waals surface area contributed by atoms with Gasteiger partial charge in [-0.05, 0) is 30.3 Å². The van der Waals surface area contributed by atoms with Gasteiger partial charge in [0.1, 0.15) is 34.1 Å². The zero-order valence-electron chi connectivity index (χ0n) is 21.2. The summed E-state index contributed by atoms with van der Waals surface area (Å²) in [6.07, 6.45) is -34.9. The molecule has 46 heavy (non-hydrogen) atoms. The summed E-state index contributed by atoms with van der Waals surface area (Å²) in [5.74, 6) is -8.09. The van der Waals surface area contributed by atoms with E-state index in [2.05, 4.69) is 9.47 Å². The number of ether oxygens (including phenoxy) is 2. The molecule has 254 valence electrons. The molecule has 0 spiro atoms. The summed E-state index contributed by atoms with van der Waals surface area (Å²) >= 11 is 0. The Morgan fingerprint density at radius 1 is 0.348 bits per heavy atom. The van der Waals surface area contributed by atoms with Gasteiger partial charge in [0.15, 0.2) is 0 Å². The van der Waals surface area contributed by atoms with Crippen LogP contribution in [0.15, 0.2) is 36.4 Å². The lowest BCUT2D eigenvalue weighted by molar-refractivity contribution is -0.144. The Bertz CT molecular complexity index is 1510. The number of nitrogens with two attached hydrogens (primary N) is 2. The molecule has 0 saturated carbocycles. The Balaban J connectivity index is 2.38. The molecule has 0 bridgehead atoms. The third-order valence-electron chi connectivity index (χ3n) is 5.72. The Kier molecular flexibility index (Phi) is 8.74. The number of benzene rings is 3. The molecular formula is C24H10F18N2O2. The van der Waals surface area contributed by atoms with E-state index in [1.165, 1.54) is 0 Å². The summed E-state index contributed by atoms with van der Waals surface area (Å²) in [6.45, 7) is 0. The van der Waals surface area contributed by atoms with Gasteiger partial charge in [-0.25, -0.2) is 0 Å². The highest BCUT2D eigenvalue weighted by molar-refractivity contribution is 5.65. The molecule has 0 aromatic heterocycles. The maximum absolute atomic E-state index is 13.8. The molecule has 0 heterocycles. The van der Waals surface area contributed by atoms with Gasteiger partial charge in [0.05, 0.1) is 33.6 Å². The SMILES string of the molecule is Nc1c(C(F)(F)F)ccc(Oc2cc(Oc3ccc(C(F)(F)F)c(N)c3C(F)(F)F)c(C(F)(F)F)cc2C(F)(F)F)c1C(F)(F)F. The van der Waals surface area contributed by atoms with Gasteiger partial charge in [0, 0.05) is 6.07 Å². The van der Waals surface area contributed by atoms with Gasteiger partial charge in [-0.2, -0.15) is 79.0 Å². The zero-order chi connectivity index (χ0) is 35.6. The minimum atomic E-state index is -5.96. The highest BCUT2D eigenvalue weighted by Gasteiger charge is 2.47. The summed E-state index contributed by atoms with van der Waals surface area (Å²) in [7, 11) is 0. The molecule has 4 N–H and O–H groups in total. The Labute approximate surface area is 242 Å². The molecule has 22 heteroatoms. The molecule has 0 saturated heterocycles. The fourth-order valence-electron chi connectivity index (χ4n) is 3.86. The molecule has 0 unspecified atom stereocenters. The van der Waals surface area contributed by atoms with Gasteiger partial charge < -0.3 is 20.9 Å². The summed E-state index contributed by atoms with van der Waals surface area (Å²) in [5, 5.41) is 0. The molecule has 0 aliphatic heterocycles. The molecule has 0 aliphatic carbocycles. The van der Waals surface area contributed by atoms with Crippen molar-refractivity contribution in [2.45, 2.75) is 37.1 Å². The second-order valence-corrected chi connectivity index (χ2v) is 8.84. The van der Waals surface area contributed by atoms with Crippen LogP contribution in [0.4, 0.5) is 90.4 Å². The lowest BCUT2D eigenvalue weighted by atomic mass is 10.0. The molecule has 3 rings (SSSR count). The number of anilines is 2. The number of hydrogen-bond donors (Lipinski definition) is 2. The van der Waals surface area contributed by atoms with Gasteiger partial charge in [-0.3, -0.25) is 0 Å². The van der Waals surface area contributed by atoms with Crippen LogP contribution in [0.2, 0.25) is 0 Å². The van der Waals surface area contributed by atoms with Crippen LogP contribution >= 0.6 is 0 Å². The molecule has 0 amide bonds. The van der Waals surface area contributed by atoms with E-state index in [1.807, 2.05) is 0 Å². The highest BCUT2D eigenvalue weighted by atomic mass is 19.4. The molecule has 3 aromatic carbocycles. The summed E-state index contributed by atoms with van der Waals surface area (Å²) < 4.78 is 253. The minimum absolute atomic E-state index is 0.185. The maximum Gasteiger partial charge on any atom is 0.421 e. The molecule has 3 aromatic rings. The van der Waals surface area contributed by atoms with E-state index in [-0.39, 0.29) is 24.3 Å². The predicted molar refractivity (Wildman–Crippen MR) is 118 cm³/mol. The Hall–Kier alpha value is -4.40. The fourth-order valence-corrected chi connectivity index (χ4v) is 3.86. The zero-order valence-corrected chi connectivity index (χ0v) is 21.2. The van der Waals surface area contributed by atoms with Gasteiger partial charge in [0.25, 0.3) is 0 Å². The molecule has 0 radical (unpaired) electrons. The van der Waals surface area contributed by atoms with E-state index in [9.17, 15) is 79.0 Å². The van der Waals surface area contributed by atoms with E-state index < -0.39 is 117 Å². The van der Waals surface area contributed by atoms with Crippen LogP contribution < -0.4 is 20.9 Å². The normalized spacial score (nSPS) is 13.6. The summed E-state index contributed by atoms with van der Waals surface area (Å²) in [4.78, 5) is 0. The van der Waals surface area contributed by atoms with Crippen molar-refractivity contribution in [2.24, 2.45) is 0 Å². The maximum atomic E-state index is 13.8. The largest absolute Gasteiger partial charge is 0.456 e. The van der Waals surface area contributed by atoms with Crippen LogP contribution in [-0.2, 0) is 37.1 Å². The van der Waals surface area contributed by atoms with Crippen molar-refractivity contribution in [3.8, 4) is 23.0 Å². The van der Waals surface area contributed by atoms with Crippen molar-refractivity contribution >= 4 is 11.4 Å². The lowest BCUT2D eigenvalue weighted by Gasteiger charge is -2.23. The smallest absolute Gasteiger partial charge is 0.421 e. The summed E-state index contributed by atoms with van der Waals surface area (Å²) in [6, 6.07) is -2.19. The first-order chi connectivity index (χ1) is 20.5. The minimum Gasteiger partial charge on any atom is -0.456 e. The van der Waals surface area contributed by atoms with E-state index in [1.54, 1.807) is 0 Å². The molecule has 0 atom stereocenters. The first-order valence-electron chi connectivity index (χ1n) is 11.3. The van der Waals surface area contributed by atoms with Crippen molar-refractivity contribution in [1.29, 1.82) is 0 Å². The van der Waals surface area contributed by atoms with E-state index in [4.69, 9.17) is 11.5 Å². The van der Waals surface area contributed by atoms with Crippen molar-refractivity contribution in [1.82, 2.24) is 0 Å². The van der Waals surface area contributed by atoms with E-state index >= 15 is 0 Å². The number of nitrogen functional groups attached to an aromatic ring is 2. The second-order valence-electron chi connectivity index (χ2n) is 8.84. The third kappa shape index (κ3) is 7.35. The van der Waals surface area contributed by atoms with Crippen molar-refractivity contribution in [2.75, 3.05) is 11.5 Å². The molecule has 0 fully saturated rings. The third-order valence-corrected chi connectivity index (χ3v) is 5.72. The van der Waals surface area contributed by atoms with Gasteiger partial charge in [-0.1, -0.05) is 0 Å². The van der Waals surface area contributed by atoms with Crippen LogP contribution in [0.5, 0.6) is 23.0 Å². The monoisotopic (exact) mass is 700 g/mol.